The van der Waals surface area contributed by atoms with Crippen LogP contribution in [0.3, 0.4) is 0 Å². The van der Waals surface area contributed by atoms with E-state index in [-0.39, 0.29) is 0 Å². The zero-order valence-electron chi connectivity index (χ0n) is 17.9. The molecular formula is C29H21BrN2Si-. The van der Waals surface area contributed by atoms with Crippen LogP contribution in [0, 0.1) is 0 Å². The van der Waals surface area contributed by atoms with Gasteiger partial charge in [-0.25, -0.2) is 4.98 Å². The predicted octanol–water partition coefficient (Wildman–Crippen LogP) is 5.00. The Balaban J connectivity index is 1.77. The number of hydrogen-bond acceptors (Lipinski definition) is 2. The second-order valence-corrected chi connectivity index (χ2v) is 12.7. The van der Waals surface area contributed by atoms with E-state index < -0.39 is 8.07 Å². The van der Waals surface area contributed by atoms with E-state index in [0.717, 1.165) is 10.4 Å². The van der Waals surface area contributed by atoms with Gasteiger partial charge in [-0.1, -0.05) is 103 Å². The van der Waals surface area contributed by atoms with Crippen LogP contribution in [0.5, 0.6) is 0 Å². The normalized spacial score (nSPS) is 13.8. The van der Waals surface area contributed by atoms with Crippen molar-refractivity contribution in [1.29, 1.82) is 0 Å². The van der Waals surface area contributed by atoms with Crippen molar-refractivity contribution in [1.82, 2.24) is 4.98 Å². The number of hydrogen-bond donors (Lipinski definition) is 0. The van der Waals surface area contributed by atoms with E-state index in [1.807, 2.05) is 12.1 Å². The Labute approximate surface area is 203 Å². The smallest absolute Gasteiger partial charge is 0.138 e. The summed E-state index contributed by atoms with van der Waals surface area (Å²) in [5, 5.41) is 5.53. The van der Waals surface area contributed by atoms with E-state index in [1.54, 1.807) is 0 Å². The molecule has 0 radical (unpaired) electrons. The number of benzene rings is 4. The van der Waals surface area contributed by atoms with Crippen LogP contribution in [-0.4, -0.2) is 13.1 Å². The zero-order chi connectivity index (χ0) is 22.3. The highest BCUT2D eigenvalue weighted by atomic mass is 79.9. The van der Waals surface area contributed by atoms with Gasteiger partial charge >= 0.3 is 0 Å². The fourth-order valence-corrected chi connectivity index (χ4v) is 10.6. The van der Waals surface area contributed by atoms with Gasteiger partial charge in [-0.05, 0) is 48.3 Å². The highest BCUT2D eigenvalue weighted by Gasteiger charge is 2.37. The molecule has 0 unspecified atom stereocenters. The Morgan fingerprint density at radius 1 is 0.515 bits per heavy atom. The minimum absolute atomic E-state index is 0.829. The van der Waals surface area contributed by atoms with E-state index in [0.29, 0.717) is 0 Å². The van der Waals surface area contributed by atoms with Crippen molar-refractivity contribution in [3.63, 3.8) is 0 Å². The topological polar surface area (TPSA) is 16.1 Å². The summed E-state index contributed by atoms with van der Waals surface area (Å²) in [7, 11) is -2.55. The number of para-hydroxylation sites is 2. The molecule has 5 aromatic rings. The van der Waals surface area contributed by atoms with Crippen LogP contribution < -0.4 is 25.6 Å². The van der Waals surface area contributed by atoms with Crippen LogP contribution >= 0.6 is 15.9 Å². The molecule has 1 aliphatic heterocycles. The van der Waals surface area contributed by atoms with Gasteiger partial charge in [0.2, 0.25) is 0 Å². The molecule has 2 heterocycles. The lowest BCUT2D eigenvalue weighted by Crippen LogP contribution is -2.77. The Hall–Kier alpha value is -3.47. The number of nitrogens with zero attached hydrogens (tertiary/aromatic N) is 2. The minimum Gasteiger partial charge on any atom is -0.301 e. The molecule has 0 saturated carbocycles. The molecule has 0 fully saturated rings. The molecule has 0 spiro atoms. The molecule has 159 valence electrons. The Kier molecular flexibility index (Phi) is 4.97. The monoisotopic (exact) mass is 504 g/mol. The molecule has 0 amide bonds. The molecule has 0 N–H and O–H groups in total. The fourth-order valence-electron chi connectivity index (χ4n) is 5.18. The quantitative estimate of drug-likeness (QED) is 0.249. The molecule has 33 heavy (non-hydrogen) atoms. The molecule has 0 saturated heterocycles. The molecule has 1 aliphatic rings. The van der Waals surface area contributed by atoms with E-state index >= 15 is 0 Å². The van der Waals surface area contributed by atoms with Crippen LogP contribution in [-0.2, 0) is 0 Å². The van der Waals surface area contributed by atoms with Gasteiger partial charge in [-0.3, -0.25) is 0 Å². The van der Waals surface area contributed by atoms with Crippen LogP contribution in [0.25, 0.3) is 0 Å². The molecule has 6 rings (SSSR count). The summed E-state index contributed by atoms with van der Waals surface area (Å²) < 4.78 is 0.829. The third-order valence-electron chi connectivity index (χ3n) is 6.44. The van der Waals surface area contributed by atoms with Crippen molar-refractivity contribution in [3.05, 3.63) is 132 Å². The van der Waals surface area contributed by atoms with Gasteiger partial charge in [-0.15, -0.1) is 10.4 Å². The summed E-state index contributed by atoms with van der Waals surface area (Å²) in [6.45, 7) is 0. The number of aromatic nitrogens is 1. The third kappa shape index (κ3) is 3.10. The average Bonchev–Trinajstić information content (AvgIpc) is 2.88. The molecule has 0 atom stereocenters. The van der Waals surface area contributed by atoms with Crippen LogP contribution in [0.15, 0.2) is 132 Å². The Bertz CT molecular complexity index is 1350. The standard InChI is InChI=1S/C29H21BrN2Si/c30-28-20-11-21-29(31-28)32-24-16-7-9-18-26(24)33(22-12-3-1-4-13-22,23-14-5-2-6-15-23)27-19-10-8-17-25(27)32/h1-21H/q-1. The lowest BCUT2D eigenvalue weighted by Gasteiger charge is -2.54. The summed E-state index contributed by atoms with van der Waals surface area (Å²) >= 11 is 3.58. The van der Waals surface area contributed by atoms with Crippen molar-refractivity contribution < 1.29 is 0 Å². The predicted molar refractivity (Wildman–Crippen MR) is 144 cm³/mol. The van der Waals surface area contributed by atoms with Crippen molar-refractivity contribution in [3.8, 4) is 0 Å². The van der Waals surface area contributed by atoms with E-state index in [9.17, 15) is 0 Å². The summed E-state index contributed by atoms with van der Waals surface area (Å²) in [5.41, 5.74) is 2.39. The van der Waals surface area contributed by atoms with E-state index in [1.165, 1.54) is 32.1 Å². The zero-order valence-corrected chi connectivity index (χ0v) is 20.5. The first-order chi connectivity index (χ1) is 16.3. The van der Waals surface area contributed by atoms with E-state index in [4.69, 9.17) is 4.98 Å². The van der Waals surface area contributed by atoms with Gasteiger partial charge in [-0.2, -0.15) is 10.4 Å². The van der Waals surface area contributed by atoms with Crippen molar-refractivity contribution >= 4 is 61.9 Å². The van der Waals surface area contributed by atoms with Gasteiger partial charge in [0, 0.05) is 11.4 Å². The van der Waals surface area contributed by atoms with Gasteiger partial charge in [0.15, 0.2) is 0 Å². The highest BCUT2D eigenvalue weighted by molar-refractivity contribution is 9.10. The molecule has 4 aromatic carbocycles. The lowest BCUT2D eigenvalue weighted by molar-refractivity contribution is 1.16. The molecule has 2 nitrogen and oxygen atoms in total. The van der Waals surface area contributed by atoms with E-state index in [2.05, 4.69) is 136 Å². The second-order valence-electron chi connectivity index (χ2n) is 8.17. The summed E-state index contributed by atoms with van der Waals surface area (Å²) in [6, 6.07) is 45.9. The number of pyridine rings is 1. The highest BCUT2D eigenvalue weighted by Crippen LogP contribution is 2.37. The molecular weight excluding hydrogens is 484 g/mol. The fraction of sp³-hybridized carbons (Fsp3) is 0. The van der Waals surface area contributed by atoms with Crippen molar-refractivity contribution in [2.24, 2.45) is 0 Å². The van der Waals surface area contributed by atoms with Crippen LogP contribution in [0.1, 0.15) is 0 Å². The SMILES string of the molecule is Brc1cccc(N2c3ccccc3[Si-](c3ccccc3)(c3ccccc3)c3ccccc32)n1. The average molecular weight is 505 g/mol. The van der Waals surface area contributed by atoms with Gasteiger partial charge in [0.1, 0.15) is 10.4 Å². The van der Waals surface area contributed by atoms with Gasteiger partial charge in [0.05, 0.1) is 0 Å². The molecule has 4 heteroatoms. The van der Waals surface area contributed by atoms with Crippen LogP contribution in [0.2, 0.25) is 0 Å². The first-order valence-electron chi connectivity index (χ1n) is 11.0. The lowest BCUT2D eigenvalue weighted by atomic mass is 10.2. The minimum atomic E-state index is -2.55. The maximum atomic E-state index is 4.85. The third-order valence-corrected chi connectivity index (χ3v) is 11.7. The number of fused-ring (bicyclic) bond motifs is 2. The summed E-state index contributed by atoms with van der Waals surface area (Å²) in [4.78, 5) is 7.16. The van der Waals surface area contributed by atoms with Gasteiger partial charge in [0.25, 0.3) is 0 Å². The first-order valence-corrected chi connectivity index (χ1v) is 13.8. The Morgan fingerprint density at radius 3 is 1.52 bits per heavy atom. The molecule has 0 aliphatic carbocycles. The maximum Gasteiger partial charge on any atom is 0.138 e. The second kappa shape index (κ2) is 8.14. The maximum absolute atomic E-state index is 4.85. The van der Waals surface area contributed by atoms with Gasteiger partial charge < -0.3 is 4.90 Å². The largest absolute Gasteiger partial charge is 0.301 e. The van der Waals surface area contributed by atoms with Crippen molar-refractivity contribution in [2.45, 2.75) is 0 Å². The van der Waals surface area contributed by atoms with Crippen LogP contribution in [0.4, 0.5) is 17.2 Å². The number of halogens is 1. The first kappa shape index (κ1) is 20.2. The summed E-state index contributed by atoms with van der Waals surface area (Å²) in [5.74, 6) is 0.910. The number of rotatable bonds is 3. The van der Waals surface area contributed by atoms with Crippen molar-refractivity contribution in [2.75, 3.05) is 4.90 Å². The molecule has 1 aromatic heterocycles. The number of anilines is 3. The Morgan fingerprint density at radius 2 is 1.00 bits per heavy atom. The molecule has 0 bridgehead atoms. The summed E-state index contributed by atoms with van der Waals surface area (Å²) in [6.07, 6.45) is 0.